The lowest BCUT2D eigenvalue weighted by Crippen LogP contribution is -2.32. The van der Waals surface area contributed by atoms with E-state index in [4.69, 9.17) is 14.2 Å². The fraction of sp³-hybridized carbons (Fsp3) is 0.217. The molecule has 3 aromatic rings. The SMILES string of the molecule is CC[P+](c1ccc(OC)cc1)(c1ccc(OC)cc1)c1ccc(OC)cc1. The largest absolute Gasteiger partial charge is 0.497 e. The van der Waals surface area contributed by atoms with E-state index in [1.807, 2.05) is 36.4 Å². The summed E-state index contributed by atoms with van der Waals surface area (Å²) in [7, 11) is 3.30. The molecule has 0 N–H and O–H groups in total. The third-order valence-corrected chi connectivity index (χ3v) is 9.50. The average molecular weight is 381 g/mol. The lowest BCUT2D eigenvalue weighted by Gasteiger charge is -2.26. The molecule has 0 heterocycles. The number of methoxy groups -OCH3 is 3. The van der Waals surface area contributed by atoms with Crippen LogP contribution in [0, 0.1) is 0 Å². The Hall–Kier alpha value is -2.51. The van der Waals surface area contributed by atoms with Gasteiger partial charge in [0.1, 0.15) is 40.4 Å². The van der Waals surface area contributed by atoms with Crippen LogP contribution >= 0.6 is 7.26 Å². The quantitative estimate of drug-likeness (QED) is 0.579. The van der Waals surface area contributed by atoms with E-state index < -0.39 is 7.26 Å². The Labute approximate surface area is 162 Å². The molecule has 0 radical (unpaired) electrons. The maximum atomic E-state index is 5.37. The molecule has 0 fully saturated rings. The minimum atomic E-state index is -1.79. The zero-order valence-electron chi connectivity index (χ0n) is 16.3. The minimum absolute atomic E-state index is 0.873. The number of benzene rings is 3. The fourth-order valence-electron chi connectivity index (χ4n) is 3.51. The molecule has 0 saturated heterocycles. The molecule has 140 valence electrons. The van der Waals surface area contributed by atoms with E-state index in [-0.39, 0.29) is 0 Å². The van der Waals surface area contributed by atoms with Gasteiger partial charge in [-0.1, -0.05) is 0 Å². The van der Waals surface area contributed by atoms with Crippen molar-refractivity contribution in [3.63, 3.8) is 0 Å². The van der Waals surface area contributed by atoms with Gasteiger partial charge in [0.25, 0.3) is 0 Å². The Morgan fingerprint density at radius 2 is 0.778 bits per heavy atom. The lowest BCUT2D eigenvalue weighted by molar-refractivity contribution is 0.415. The molecular formula is C23H26O3P+. The summed E-state index contributed by atoms with van der Waals surface area (Å²) in [6.07, 6.45) is 1.03. The molecule has 3 rings (SSSR count). The van der Waals surface area contributed by atoms with E-state index in [0.29, 0.717) is 0 Å². The summed E-state index contributed by atoms with van der Waals surface area (Å²) in [5.41, 5.74) is 0. The van der Waals surface area contributed by atoms with Gasteiger partial charge in [-0.3, -0.25) is 0 Å². The Kier molecular flexibility index (Phi) is 6.03. The van der Waals surface area contributed by atoms with E-state index >= 15 is 0 Å². The summed E-state index contributed by atoms with van der Waals surface area (Å²) >= 11 is 0. The molecule has 27 heavy (non-hydrogen) atoms. The summed E-state index contributed by atoms with van der Waals surface area (Å²) in [5.74, 6) is 2.62. The number of hydrogen-bond donors (Lipinski definition) is 0. The van der Waals surface area contributed by atoms with Crippen molar-refractivity contribution in [2.75, 3.05) is 27.5 Å². The Morgan fingerprint density at radius 3 is 0.963 bits per heavy atom. The van der Waals surface area contributed by atoms with Crippen LogP contribution in [0.2, 0.25) is 0 Å². The normalized spacial score (nSPS) is 11.1. The third-order valence-electron chi connectivity index (χ3n) is 5.01. The van der Waals surface area contributed by atoms with Gasteiger partial charge in [-0.15, -0.1) is 0 Å². The molecule has 0 aromatic heterocycles. The molecule has 0 aliphatic heterocycles. The van der Waals surface area contributed by atoms with Crippen LogP contribution in [0.1, 0.15) is 6.92 Å². The summed E-state index contributed by atoms with van der Waals surface area (Å²) in [6.45, 7) is 2.27. The van der Waals surface area contributed by atoms with Gasteiger partial charge in [0, 0.05) is 0 Å². The lowest BCUT2D eigenvalue weighted by atomic mass is 10.3. The molecule has 0 aliphatic carbocycles. The molecule has 0 atom stereocenters. The van der Waals surface area contributed by atoms with E-state index in [1.165, 1.54) is 15.9 Å². The minimum Gasteiger partial charge on any atom is -0.497 e. The van der Waals surface area contributed by atoms with E-state index in [0.717, 1.165) is 23.4 Å². The van der Waals surface area contributed by atoms with Gasteiger partial charge in [-0.05, 0) is 79.7 Å². The Morgan fingerprint density at radius 1 is 0.519 bits per heavy atom. The van der Waals surface area contributed by atoms with E-state index in [9.17, 15) is 0 Å². The van der Waals surface area contributed by atoms with Crippen LogP contribution in [0.25, 0.3) is 0 Å². The summed E-state index contributed by atoms with van der Waals surface area (Å²) in [5, 5.41) is 4.00. The molecule has 0 spiro atoms. The van der Waals surface area contributed by atoms with Crippen LogP contribution in [0.4, 0.5) is 0 Å². The summed E-state index contributed by atoms with van der Waals surface area (Å²) in [4.78, 5) is 0. The first kappa shape index (κ1) is 19.3. The van der Waals surface area contributed by atoms with Crippen LogP contribution in [0.15, 0.2) is 72.8 Å². The van der Waals surface area contributed by atoms with Crippen molar-refractivity contribution in [3.05, 3.63) is 72.8 Å². The highest BCUT2D eigenvalue weighted by Crippen LogP contribution is 2.55. The number of hydrogen-bond acceptors (Lipinski definition) is 3. The van der Waals surface area contributed by atoms with Crippen LogP contribution in [0.3, 0.4) is 0 Å². The van der Waals surface area contributed by atoms with Gasteiger partial charge in [-0.2, -0.15) is 0 Å². The van der Waals surface area contributed by atoms with Crippen LogP contribution in [-0.4, -0.2) is 27.5 Å². The standard InChI is InChI=1S/C23H26O3P/c1-5-27(21-12-6-18(24-2)7-13-21,22-14-8-19(25-3)9-15-22)23-16-10-20(26-4)11-17-23/h6-17H,5H2,1-4H3/q+1. The van der Waals surface area contributed by atoms with Crippen molar-refractivity contribution in [3.8, 4) is 17.2 Å². The molecular weight excluding hydrogens is 355 g/mol. The van der Waals surface area contributed by atoms with Gasteiger partial charge in [0.2, 0.25) is 0 Å². The van der Waals surface area contributed by atoms with Crippen LogP contribution < -0.4 is 30.1 Å². The highest BCUT2D eigenvalue weighted by Gasteiger charge is 2.43. The zero-order chi connectivity index (χ0) is 19.3. The molecule has 0 saturated carbocycles. The molecule has 3 aromatic carbocycles. The topological polar surface area (TPSA) is 27.7 Å². The molecule has 0 aliphatic rings. The van der Waals surface area contributed by atoms with Crippen LogP contribution in [-0.2, 0) is 0 Å². The fourth-order valence-corrected chi connectivity index (χ4v) is 7.47. The maximum absolute atomic E-state index is 5.37. The average Bonchev–Trinajstić information content (AvgIpc) is 2.76. The second-order valence-corrected chi connectivity index (χ2v) is 10.0. The molecule has 0 bridgehead atoms. The van der Waals surface area contributed by atoms with Crippen molar-refractivity contribution in [2.24, 2.45) is 0 Å². The molecule has 3 nitrogen and oxygen atoms in total. The molecule has 0 unspecified atom stereocenters. The van der Waals surface area contributed by atoms with Gasteiger partial charge in [-0.25, -0.2) is 0 Å². The first-order valence-corrected chi connectivity index (χ1v) is 11.0. The third kappa shape index (κ3) is 3.65. The van der Waals surface area contributed by atoms with Gasteiger partial charge in [0.15, 0.2) is 0 Å². The maximum Gasteiger partial charge on any atom is 0.119 e. The molecule has 4 heteroatoms. The van der Waals surface area contributed by atoms with Crippen molar-refractivity contribution < 1.29 is 14.2 Å². The summed E-state index contributed by atoms with van der Waals surface area (Å²) < 4.78 is 16.1. The van der Waals surface area contributed by atoms with Crippen molar-refractivity contribution in [2.45, 2.75) is 6.92 Å². The van der Waals surface area contributed by atoms with Crippen LogP contribution in [0.5, 0.6) is 17.2 Å². The second-order valence-electron chi connectivity index (χ2n) is 6.22. The van der Waals surface area contributed by atoms with Gasteiger partial charge in [0.05, 0.1) is 27.5 Å². The predicted molar refractivity (Wildman–Crippen MR) is 115 cm³/mol. The van der Waals surface area contributed by atoms with Gasteiger partial charge < -0.3 is 14.2 Å². The highest BCUT2D eigenvalue weighted by atomic mass is 31.2. The number of ether oxygens (including phenoxy) is 3. The monoisotopic (exact) mass is 381 g/mol. The Bertz CT molecular complexity index is 740. The Balaban J connectivity index is 2.20. The predicted octanol–water partition coefficient (Wildman–Crippen LogP) is 4.03. The number of rotatable bonds is 7. The molecule has 0 amide bonds. The van der Waals surface area contributed by atoms with Crippen molar-refractivity contribution in [1.29, 1.82) is 0 Å². The highest BCUT2D eigenvalue weighted by molar-refractivity contribution is 7.95. The second kappa shape index (κ2) is 8.45. The van der Waals surface area contributed by atoms with E-state index in [2.05, 4.69) is 43.3 Å². The van der Waals surface area contributed by atoms with Crippen molar-refractivity contribution in [1.82, 2.24) is 0 Å². The first-order valence-electron chi connectivity index (χ1n) is 9.00. The zero-order valence-corrected chi connectivity index (χ0v) is 17.2. The smallest absolute Gasteiger partial charge is 0.119 e. The van der Waals surface area contributed by atoms with Gasteiger partial charge >= 0.3 is 0 Å². The van der Waals surface area contributed by atoms with E-state index in [1.54, 1.807) is 21.3 Å². The first-order chi connectivity index (χ1) is 13.2. The summed E-state index contributed by atoms with van der Waals surface area (Å²) in [6, 6.07) is 25.5. The van der Waals surface area contributed by atoms with Crippen molar-refractivity contribution >= 4 is 23.2 Å².